The predicted molar refractivity (Wildman–Crippen MR) is 74.6 cm³/mol. The van der Waals surface area contributed by atoms with Gasteiger partial charge in [-0.25, -0.2) is 0 Å². The van der Waals surface area contributed by atoms with Crippen LogP contribution in [0.1, 0.15) is 32.6 Å². The first-order valence-electron chi connectivity index (χ1n) is 6.21. The SMILES string of the molecule is CSCC[C@@H](N)C(=O)NCCC(C)CCC(=O)O. The number of amides is 1. The van der Waals surface area contributed by atoms with Gasteiger partial charge in [0, 0.05) is 13.0 Å². The Morgan fingerprint density at radius 2 is 2.00 bits per heavy atom. The van der Waals surface area contributed by atoms with Gasteiger partial charge in [-0.1, -0.05) is 6.92 Å². The largest absolute Gasteiger partial charge is 0.481 e. The Bertz CT molecular complexity index is 262. The smallest absolute Gasteiger partial charge is 0.303 e. The molecule has 0 aliphatic rings. The van der Waals surface area contributed by atoms with E-state index in [0.717, 1.165) is 12.2 Å². The summed E-state index contributed by atoms with van der Waals surface area (Å²) in [5.41, 5.74) is 5.72. The summed E-state index contributed by atoms with van der Waals surface area (Å²) in [6.45, 7) is 2.55. The summed E-state index contributed by atoms with van der Waals surface area (Å²) in [4.78, 5) is 21.9. The van der Waals surface area contributed by atoms with Crippen LogP contribution in [-0.2, 0) is 9.59 Å². The van der Waals surface area contributed by atoms with E-state index in [1.807, 2.05) is 13.2 Å². The number of hydrogen-bond donors (Lipinski definition) is 3. The van der Waals surface area contributed by atoms with Crippen LogP contribution in [0, 0.1) is 5.92 Å². The second kappa shape index (κ2) is 10.2. The first kappa shape index (κ1) is 17.2. The van der Waals surface area contributed by atoms with Gasteiger partial charge in [0.25, 0.3) is 0 Å². The van der Waals surface area contributed by atoms with Gasteiger partial charge >= 0.3 is 5.97 Å². The van der Waals surface area contributed by atoms with Gasteiger partial charge in [0.2, 0.25) is 5.91 Å². The highest BCUT2D eigenvalue weighted by molar-refractivity contribution is 7.98. The molecule has 1 unspecified atom stereocenters. The zero-order valence-electron chi connectivity index (χ0n) is 11.1. The maximum atomic E-state index is 11.6. The normalized spacial score (nSPS) is 13.9. The van der Waals surface area contributed by atoms with Crippen molar-refractivity contribution < 1.29 is 14.7 Å². The summed E-state index contributed by atoms with van der Waals surface area (Å²) < 4.78 is 0. The fourth-order valence-corrected chi connectivity index (χ4v) is 1.95. The lowest BCUT2D eigenvalue weighted by Crippen LogP contribution is -2.41. The van der Waals surface area contributed by atoms with E-state index in [-0.39, 0.29) is 12.3 Å². The molecule has 0 aliphatic carbocycles. The maximum absolute atomic E-state index is 11.6. The average molecular weight is 276 g/mol. The Balaban J connectivity index is 3.63. The highest BCUT2D eigenvalue weighted by atomic mass is 32.2. The van der Waals surface area contributed by atoms with E-state index in [9.17, 15) is 9.59 Å². The summed E-state index contributed by atoms with van der Waals surface area (Å²) in [5, 5.41) is 11.3. The van der Waals surface area contributed by atoms with Crippen molar-refractivity contribution in [1.82, 2.24) is 5.32 Å². The van der Waals surface area contributed by atoms with Gasteiger partial charge in [-0.2, -0.15) is 11.8 Å². The van der Waals surface area contributed by atoms with Crippen molar-refractivity contribution in [3.05, 3.63) is 0 Å². The molecule has 6 heteroatoms. The number of thioether (sulfide) groups is 1. The molecular formula is C12H24N2O3S. The van der Waals surface area contributed by atoms with E-state index in [0.29, 0.717) is 25.3 Å². The molecule has 0 aromatic rings. The fourth-order valence-electron chi connectivity index (χ4n) is 1.46. The zero-order chi connectivity index (χ0) is 14.0. The van der Waals surface area contributed by atoms with Crippen LogP contribution >= 0.6 is 11.8 Å². The Morgan fingerprint density at radius 3 is 2.56 bits per heavy atom. The van der Waals surface area contributed by atoms with Crippen molar-refractivity contribution in [2.75, 3.05) is 18.6 Å². The molecule has 0 fully saturated rings. The number of hydrogen-bond acceptors (Lipinski definition) is 4. The van der Waals surface area contributed by atoms with E-state index < -0.39 is 12.0 Å². The molecule has 0 saturated carbocycles. The Labute approximate surface area is 113 Å². The molecule has 4 N–H and O–H groups in total. The van der Waals surface area contributed by atoms with Crippen LogP contribution in [0.3, 0.4) is 0 Å². The monoisotopic (exact) mass is 276 g/mol. The Hall–Kier alpha value is -0.750. The van der Waals surface area contributed by atoms with Crippen LogP contribution in [0.4, 0.5) is 0 Å². The Morgan fingerprint density at radius 1 is 1.33 bits per heavy atom. The van der Waals surface area contributed by atoms with Crippen molar-refractivity contribution in [1.29, 1.82) is 0 Å². The molecule has 0 spiro atoms. The number of nitrogens with one attached hydrogen (secondary N) is 1. The van der Waals surface area contributed by atoms with Crippen LogP contribution in [0.2, 0.25) is 0 Å². The molecule has 2 atom stereocenters. The molecule has 0 aromatic heterocycles. The third kappa shape index (κ3) is 9.30. The topological polar surface area (TPSA) is 92.4 Å². The minimum Gasteiger partial charge on any atom is -0.481 e. The molecular weight excluding hydrogens is 252 g/mol. The number of carboxylic acid groups (broad SMARTS) is 1. The molecule has 0 heterocycles. The van der Waals surface area contributed by atoms with Crippen molar-refractivity contribution in [3.63, 3.8) is 0 Å². The summed E-state index contributed by atoms with van der Waals surface area (Å²) in [6.07, 6.45) is 4.27. The van der Waals surface area contributed by atoms with Gasteiger partial charge in [0.1, 0.15) is 0 Å². The van der Waals surface area contributed by atoms with Crippen molar-refractivity contribution in [2.45, 2.75) is 38.6 Å². The number of carboxylic acids is 1. The summed E-state index contributed by atoms with van der Waals surface area (Å²) >= 11 is 1.67. The summed E-state index contributed by atoms with van der Waals surface area (Å²) in [6, 6.07) is -0.438. The van der Waals surface area contributed by atoms with E-state index in [4.69, 9.17) is 10.8 Å². The summed E-state index contributed by atoms with van der Waals surface area (Å²) in [5.74, 6) is 0.284. The van der Waals surface area contributed by atoms with Crippen molar-refractivity contribution in [2.24, 2.45) is 11.7 Å². The summed E-state index contributed by atoms with van der Waals surface area (Å²) in [7, 11) is 0. The third-order valence-corrected chi connectivity index (χ3v) is 3.40. The van der Waals surface area contributed by atoms with Crippen LogP contribution < -0.4 is 11.1 Å². The predicted octanol–water partition coefficient (Wildman–Crippen LogP) is 1.07. The number of aliphatic carboxylic acids is 1. The van der Waals surface area contributed by atoms with E-state index in [2.05, 4.69) is 5.32 Å². The number of carbonyl (C=O) groups excluding carboxylic acids is 1. The first-order valence-corrected chi connectivity index (χ1v) is 7.60. The quantitative estimate of drug-likeness (QED) is 0.555. The lowest BCUT2D eigenvalue weighted by atomic mass is 10.0. The second-order valence-electron chi connectivity index (χ2n) is 4.51. The molecule has 0 aromatic carbocycles. The van der Waals surface area contributed by atoms with Crippen molar-refractivity contribution in [3.8, 4) is 0 Å². The van der Waals surface area contributed by atoms with E-state index in [1.54, 1.807) is 11.8 Å². The number of carbonyl (C=O) groups is 2. The van der Waals surface area contributed by atoms with Gasteiger partial charge in [-0.05, 0) is 37.2 Å². The van der Waals surface area contributed by atoms with E-state index >= 15 is 0 Å². The van der Waals surface area contributed by atoms with E-state index in [1.165, 1.54) is 0 Å². The second-order valence-corrected chi connectivity index (χ2v) is 5.49. The molecule has 0 aliphatic heterocycles. The van der Waals surface area contributed by atoms with Crippen LogP contribution in [0.25, 0.3) is 0 Å². The van der Waals surface area contributed by atoms with Crippen LogP contribution in [0.15, 0.2) is 0 Å². The van der Waals surface area contributed by atoms with Gasteiger partial charge in [0.15, 0.2) is 0 Å². The standard InChI is InChI=1S/C12H24N2O3S/c1-9(3-4-11(15)16)5-7-14-12(17)10(13)6-8-18-2/h9-10H,3-8,13H2,1-2H3,(H,14,17)(H,15,16)/t9?,10-/m1/s1. The molecule has 0 saturated heterocycles. The highest BCUT2D eigenvalue weighted by Crippen LogP contribution is 2.09. The maximum Gasteiger partial charge on any atom is 0.303 e. The molecule has 0 radical (unpaired) electrons. The fraction of sp³-hybridized carbons (Fsp3) is 0.833. The van der Waals surface area contributed by atoms with Gasteiger partial charge in [-0.15, -0.1) is 0 Å². The minimum absolute atomic E-state index is 0.116. The minimum atomic E-state index is -0.773. The number of nitrogens with two attached hydrogens (primary N) is 1. The molecule has 5 nitrogen and oxygen atoms in total. The third-order valence-electron chi connectivity index (χ3n) is 2.76. The molecule has 106 valence electrons. The molecule has 1 amide bonds. The zero-order valence-corrected chi connectivity index (χ0v) is 12.0. The van der Waals surface area contributed by atoms with Crippen LogP contribution in [-0.4, -0.2) is 41.6 Å². The lowest BCUT2D eigenvalue weighted by molar-refractivity contribution is -0.137. The van der Waals surface area contributed by atoms with Gasteiger partial charge in [-0.3, -0.25) is 9.59 Å². The lowest BCUT2D eigenvalue weighted by Gasteiger charge is -2.14. The molecule has 0 bridgehead atoms. The highest BCUT2D eigenvalue weighted by Gasteiger charge is 2.12. The van der Waals surface area contributed by atoms with Crippen LogP contribution in [0.5, 0.6) is 0 Å². The number of rotatable bonds is 10. The van der Waals surface area contributed by atoms with Crippen molar-refractivity contribution >= 4 is 23.6 Å². The Kier molecular flexibility index (Phi) is 9.77. The van der Waals surface area contributed by atoms with Gasteiger partial charge < -0.3 is 16.2 Å². The molecule has 18 heavy (non-hydrogen) atoms. The first-order chi connectivity index (χ1) is 8.47. The average Bonchev–Trinajstić information content (AvgIpc) is 2.33. The van der Waals surface area contributed by atoms with Gasteiger partial charge in [0.05, 0.1) is 6.04 Å². The molecule has 0 rings (SSSR count).